The van der Waals surface area contributed by atoms with Crippen LogP contribution in [0, 0.1) is 0 Å². The molecule has 0 aliphatic rings. The van der Waals surface area contributed by atoms with Crippen molar-refractivity contribution in [2.24, 2.45) is 0 Å². The Bertz CT molecular complexity index is 534. The Morgan fingerprint density at radius 3 is 3.00 bits per heavy atom. The van der Waals surface area contributed by atoms with E-state index in [1.807, 2.05) is 12.1 Å². The van der Waals surface area contributed by atoms with E-state index in [2.05, 4.69) is 10.3 Å². The summed E-state index contributed by atoms with van der Waals surface area (Å²) < 4.78 is 0. The summed E-state index contributed by atoms with van der Waals surface area (Å²) in [5.74, 6) is -0.173. The van der Waals surface area contributed by atoms with E-state index in [4.69, 9.17) is 10.8 Å². The minimum atomic E-state index is -0.173. The number of fused-ring (bicyclic) bond motifs is 1. The Hall–Kier alpha value is -2.01. The van der Waals surface area contributed by atoms with Gasteiger partial charge in [0.25, 0.3) is 5.91 Å². The summed E-state index contributed by atoms with van der Waals surface area (Å²) >= 11 is 0. The van der Waals surface area contributed by atoms with Gasteiger partial charge in [-0.25, -0.2) is 0 Å². The molecule has 0 atom stereocenters. The van der Waals surface area contributed by atoms with Gasteiger partial charge in [0.2, 0.25) is 0 Å². The van der Waals surface area contributed by atoms with Gasteiger partial charge in [-0.2, -0.15) is 0 Å². The topological polar surface area (TPSA) is 91.1 Å². The van der Waals surface area contributed by atoms with E-state index in [-0.39, 0.29) is 12.5 Å². The standard InChI is InChI=1S/C12H15N3O2/c13-9-2-3-10-8(6-9)7-11(15-10)12(17)14-4-1-5-16/h2-3,6-7,15-16H,1,4-5,13H2,(H,14,17). The summed E-state index contributed by atoms with van der Waals surface area (Å²) in [4.78, 5) is 14.7. The molecule has 17 heavy (non-hydrogen) atoms. The highest BCUT2D eigenvalue weighted by Crippen LogP contribution is 2.18. The van der Waals surface area contributed by atoms with Crippen molar-refractivity contribution in [3.8, 4) is 0 Å². The van der Waals surface area contributed by atoms with Crippen LogP contribution in [0.25, 0.3) is 10.9 Å². The molecule has 2 aromatic rings. The van der Waals surface area contributed by atoms with Crippen molar-refractivity contribution < 1.29 is 9.90 Å². The SMILES string of the molecule is Nc1ccc2[nH]c(C(=O)NCCCO)cc2c1. The molecule has 0 unspecified atom stereocenters. The van der Waals surface area contributed by atoms with Crippen molar-refractivity contribution in [3.63, 3.8) is 0 Å². The average molecular weight is 233 g/mol. The molecule has 1 amide bonds. The Morgan fingerprint density at radius 2 is 2.24 bits per heavy atom. The van der Waals surface area contributed by atoms with Crippen molar-refractivity contribution in [1.82, 2.24) is 10.3 Å². The predicted molar refractivity (Wildman–Crippen MR) is 66.7 cm³/mol. The maximum atomic E-state index is 11.7. The van der Waals surface area contributed by atoms with E-state index in [1.54, 1.807) is 12.1 Å². The highest BCUT2D eigenvalue weighted by Gasteiger charge is 2.08. The molecule has 0 spiro atoms. The zero-order valence-electron chi connectivity index (χ0n) is 9.36. The fourth-order valence-electron chi connectivity index (χ4n) is 1.65. The monoisotopic (exact) mass is 233 g/mol. The number of nitrogens with two attached hydrogens (primary N) is 1. The maximum absolute atomic E-state index is 11.7. The molecule has 2 rings (SSSR count). The van der Waals surface area contributed by atoms with Crippen LogP contribution in [0.1, 0.15) is 16.9 Å². The summed E-state index contributed by atoms with van der Waals surface area (Å²) in [5.41, 5.74) is 7.72. The number of benzene rings is 1. The highest BCUT2D eigenvalue weighted by molar-refractivity contribution is 5.98. The summed E-state index contributed by atoms with van der Waals surface area (Å²) in [6, 6.07) is 7.21. The van der Waals surface area contributed by atoms with Crippen LogP contribution in [0.4, 0.5) is 5.69 Å². The number of anilines is 1. The molecule has 90 valence electrons. The van der Waals surface area contributed by atoms with Gasteiger partial charge in [-0.15, -0.1) is 0 Å². The molecular formula is C12H15N3O2. The molecule has 0 fully saturated rings. The van der Waals surface area contributed by atoms with Crippen LogP contribution in [0.5, 0.6) is 0 Å². The van der Waals surface area contributed by atoms with Crippen LogP contribution >= 0.6 is 0 Å². The van der Waals surface area contributed by atoms with Crippen LogP contribution in [-0.2, 0) is 0 Å². The number of rotatable bonds is 4. The van der Waals surface area contributed by atoms with Gasteiger partial charge in [-0.3, -0.25) is 4.79 Å². The number of aromatic amines is 1. The van der Waals surface area contributed by atoms with Gasteiger partial charge in [-0.05, 0) is 30.7 Å². The number of aliphatic hydroxyl groups is 1. The Labute approximate surface area is 98.6 Å². The Balaban J connectivity index is 2.15. The number of nitrogen functional groups attached to an aromatic ring is 1. The summed E-state index contributed by atoms with van der Waals surface area (Å²) in [6.07, 6.45) is 0.554. The van der Waals surface area contributed by atoms with Crippen molar-refractivity contribution >= 4 is 22.5 Å². The first-order valence-corrected chi connectivity index (χ1v) is 5.48. The number of amides is 1. The zero-order valence-corrected chi connectivity index (χ0v) is 9.36. The van der Waals surface area contributed by atoms with Crippen molar-refractivity contribution in [2.75, 3.05) is 18.9 Å². The van der Waals surface area contributed by atoms with Crippen LogP contribution in [0.2, 0.25) is 0 Å². The van der Waals surface area contributed by atoms with Crippen molar-refractivity contribution in [1.29, 1.82) is 0 Å². The maximum Gasteiger partial charge on any atom is 0.267 e. The first kappa shape index (κ1) is 11.5. The van der Waals surface area contributed by atoms with E-state index >= 15 is 0 Å². The second-order valence-corrected chi connectivity index (χ2v) is 3.86. The Kier molecular flexibility index (Phi) is 3.30. The van der Waals surface area contributed by atoms with Gasteiger partial charge in [0.05, 0.1) is 0 Å². The Morgan fingerprint density at radius 1 is 1.41 bits per heavy atom. The van der Waals surface area contributed by atoms with E-state index in [1.165, 1.54) is 0 Å². The summed E-state index contributed by atoms with van der Waals surface area (Å²) in [7, 11) is 0. The lowest BCUT2D eigenvalue weighted by Gasteiger charge is -2.00. The quantitative estimate of drug-likeness (QED) is 0.466. The first-order chi connectivity index (χ1) is 8.20. The highest BCUT2D eigenvalue weighted by atomic mass is 16.3. The molecule has 0 aliphatic carbocycles. The van der Waals surface area contributed by atoms with Crippen LogP contribution in [0.3, 0.4) is 0 Å². The lowest BCUT2D eigenvalue weighted by atomic mass is 10.2. The molecule has 0 aliphatic heterocycles. The average Bonchev–Trinajstić information content (AvgIpc) is 2.72. The second kappa shape index (κ2) is 4.88. The molecular weight excluding hydrogens is 218 g/mol. The smallest absolute Gasteiger partial charge is 0.267 e. The fraction of sp³-hybridized carbons (Fsp3) is 0.250. The molecule has 1 aromatic heterocycles. The van der Waals surface area contributed by atoms with Crippen LogP contribution in [-0.4, -0.2) is 29.1 Å². The minimum absolute atomic E-state index is 0.0729. The molecule has 0 radical (unpaired) electrons. The van der Waals surface area contributed by atoms with Crippen LogP contribution < -0.4 is 11.1 Å². The van der Waals surface area contributed by atoms with Gasteiger partial charge in [0.15, 0.2) is 0 Å². The third-order valence-electron chi connectivity index (χ3n) is 2.51. The molecule has 1 heterocycles. The normalized spacial score (nSPS) is 10.6. The molecule has 5 nitrogen and oxygen atoms in total. The second-order valence-electron chi connectivity index (χ2n) is 3.86. The van der Waals surface area contributed by atoms with Crippen molar-refractivity contribution in [3.05, 3.63) is 30.0 Å². The lowest BCUT2D eigenvalue weighted by molar-refractivity contribution is 0.0947. The third kappa shape index (κ3) is 2.57. The van der Waals surface area contributed by atoms with E-state index in [0.717, 1.165) is 10.9 Å². The fourth-order valence-corrected chi connectivity index (χ4v) is 1.65. The third-order valence-corrected chi connectivity index (χ3v) is 2.51. The number of aromatic nitrogens is 1. The lowest BCUT2D eigenvalue weighted by Crippen LogP contribution is -2.25. The zero-order chi connectivity index (χ0) is 12.3. The largest absolute Gasteiger partial charge is 0.399 e. The number of hydrogen-bond acceptors (Lipinski definition) is 3. The number of nitrogens with one attached hydrogen (secondary N) is 2. The number of carbonyl (C=O) groups is 1. The van der Waals surface area contributed by atoms with E-state index in [0.29, 0.717) is 24.3 Å². The van der Waals surface area contributed by atoms with Gasteiger partial charge in [0.1, 0.15) is 5.69 Å². The molecule has 0 bridgehead atoms. The number of H-pyrrole nitrogens is 1. The van der Waals surface area contributed by atoms with E-state index in [9.17, 15) is 4.79 Å². The minimum Gasteiger partial charge on any atom is -0.399 e. The molecule has 0 saturated carbocycles. The van der Waals surface area contributed by atoms with Crippen LogP contribution in [0.15, 0.2) is 24.3 Å². The molecule has 0 saturated heterocycles. The van der Waals surface area contributed by atoms with Gasteiger partial charge >= 0.3 is 0 Å². The van der Waals surface area contributed by atoms with Gasteiger partial charge in [0, 0.05) is 29.7 Å². The number of aliphatic hydroxyl groups excluding tert-OH is 1. The molecule has 5 N–H and O–H groups in total. The van der Waals surface area contributed by atoms with E-state index < -0.39 is 0 Å². The van der Waals surface area contributed by atoms with Crippen molar-refractivity contribution in [2.45, 2.75) is 6.42 Å². The predicted octanol–water partition coefficient (Wildman–Crippen LogP) is 0.862. The summed E-state index contributed by atoms with van der Waals surface area (Å²) in [6.45, 7) is 0.538. The number of hydrogen-bond donors (Lipinski definition) is 4. The molecule has 1 aromatic carbocycles. The molecule has 5 heteroatoms. The van der Waals surface area contributed by atoms with Gasteiger partial charge < -0.3 is 21.1 Å². The van der Waals surface area contributed by atoms with Gasteiger partial charge in [-0.1, -0.05) is 0 Å². The summed E-state index contributed by atoms with van der Waals surface area (Å²) in [5, 5.41) is 12.2. The number of carbonyl (C=O) groups excluding carboxylic acids is 1. The first-order valence-electron chi connectivity index (χ1n) is 5.48.